The average Bonchev–Trinajstić information content (AvgIpc) is 2.35. The number of rotatable bonds is 6. The molecule has 6 heteroatoms. The molecular formula is C13H19BrN2O3. The van der Waals surface area contributed by atoms with E-state index in [2.05, 4.69) is 26.6 Å². The van der Waals surface area contributed by atoms with E-state index >= 15 is 0 Å². The Labute approximate surface area is 121 Å². The van der Waals surface area contributed by atoms with E-state index in [1.54, 1.807) is 0 Å². The SMILES string of the molecule is CCOC(NC(=O)Nc1cccc(Br)c1C)OCC. The molecule has 0 aliphatic heterocycles. The number of hydrogen-bond donors (Lipinski definition) is 2. The zero-order valence-corrected chi connectivity index (χ0v) is 12.9. The van der Waals surface area contributed by atoms with Gasteiger partial charge in [-0.05, 0) is 38.5 Å². The molecular weight excluding hydrogens is 312 g/mol. The summed E-state index contributed by atoms with van der Waals surface area (Å²) in [5.41, 5.74) is 1.70. The van der Waals surface area contributed by atoms with Gasteiger partial charge in [0.05, 0.1) is 0 Å². The zero-order chi connectivity index (χ0) is 14.3. The van der Waals surface area contributed by atoms with Crippen LogP contribution in [0, 0.1) is 6.92 Å². The lowest BCUT2D eigenvalue weighted by atomic mass is 10.2. The third kappa shape index (κ3) is 5.18. The van der Waals surface area contributed by atoms with Gasteiger partial charge >= 0.3 is 6.03 Å². The van der Waals surface area contributed by atoms with Crippen LogP contribution in [0.25, 0.3) is 0 Å². The highest BCUT2D eigenvalue weighted by atomic mass is 79.9. The molecule has 0 unspecified atom stereocenters. The van der Waals surface area contributed by atoms with E-state index in [1.807, 2.05) is 39.0 Å². The average molecular weight is 331 g/mol. The summed E-state index contributed by atoms with van der Waals surface area (Å²) in [6.07, 6.45) is -0.734. The molecule has 0 saturated carbocycles. The van der Waals surface area contributed by atoms with Crippen molar-refractivity contribution in [3.63, 3.8) is 0 Å². The highest BCUT2D eigenvalue weighted by molar-refractivity contribution is 9.10. The Morgan fingerprint density at radius 1 is 1.32 bits per heavy atom. The first-order valence-electron chi connectivity index (χ1n) is 6.14. The fourth-order valence-electron chi connectivity index (χ4n) is 1.44. The molecule has 0 fully saturated rings. The second kappa shape index (κ2) is 8.14. The number of benzene rings is 1. The van der Waals surface area contributed by atoms with E-state index in [-0.39, 0.29) is 6.03 Å². The van der Waals surface area contributed by atoms with Gasteiger partial charge in [0, 0.05) is 23.4 Å². The molecule has 19 heavy (non-hydrogen) atoms. The number of halogens is 1. The molecule has 1 rings (SSSR count). The summed E-state index contributed by atoms with van der Waals surface area (Å²) in [5.74, 6) is 0. The lowest BCUT2D eigenvalue weighted by Gasteiger charge is -2.19. The minimum absolute atomic E-state index is 0.367. The Balaban J connectivity index is 2.61. The highest BCUT2D eigenvalue weighted by Gasteiger charge is 2.12. The molecule has 106 valence electrons. The third-order valence-corrected chi connectivity index (χ3v) is 3.26. The van der Waals surface area contributed by atoms with Gasteiger partial charge < -0.3 is 14.8 Å². The van der Waals surface area contributed by atoms with Gasteiger partial charge in [0.15, 0.2) is 0 Å². The van der Waals surface area contributed by atoms with Crippen molar-refractivity contribution in [2.75, 3.05) is 18.5 Å². The maximum Gasteiger partial charge on any atom is 0.323 e. The van der Waals surface area contributed by atoms with Crippen molar-refractivity contribution < 1.29 is 14.3 Å². The molecule has 1 aromatic carbocycles. The minimum atomic E-state index is -0.734. The van der Waals surface area contributed by atoms with Crippen LogP contribution in [0.3, 0.4) is 0 Å². The molecule has 1 aromatic rings. The van der Waals surface area contributed by atoms with E-state index in [4.69, 9.17) is 9.47 Å². The van der Waals surface area contributed by atoms with E-state index in [9.17, 15) is 4.79 Å². The van der Waals surface area contributed by atoms with Crippen molar-refractivity contribution in [2.45, 2.75) is 27.2 Å². The number of urea groups is 1. The Hall–Kier alpha value is -1.11. The first-order chi connectivity index (χ1) is 9.08. The Kier molecular flexibility index (Phi) is 6.83. The molecule has 5 nitrogen and oxygen atoms in total. The van der Waals surface area contributed by atoms with Crippen molar-refractivity contribution in [3.8, 4) is 0 Å². The van der Waals surface area contributed by atoms with Crippen LogP contribution in [0.1, 0.15) is 19.4 Å². The second-order valence-electron chi connectivity index (χ2n) is 3.75. The monoisotopic (exact) mass is 330 g/mol. The topological polar surface area (TPSA) is 59.6 Å². The van der Waals surface area contributed by atoms with Crippen LogP contribution in [-0.4, -0.2) is 25.7 Å². The van der Waals surface area contributed by atoms with Gasteiger partial charge in [-0.15, -0.1) is 0 Å². The molecule has 0 bridgehead atoms. The van der Waals surface area contributed by atoms with E-state index in [0.29, 0.717) is 13.2 Å². The van der Waals surface area contributed by atoms with Crippen LogP contribution in [0.2, 0.25) is 0 Å². The van der Waals surface area contributed by atoms with E-state index in [0.717, 1.165) is 15.7 Å². The normalized spacial score (nSPS) is 10.6. The van der Waals surface area contributed by atoms with Crippen LogP contribution in [-0.2, 0) is 9.47 Å². The van der Waals surface area contributed by atoms with Crippen molar-refractivity contribution in [3.05, 3.63) is 28.2 Å². The molecule has 0 heterocycles. The number of ether oxygens (including phenoxy) is 2. The minimum Gasteiger partial charge on any atom is -0.336 e. The van der Waals surface area contributed by atoms with Crippen LogP contribution in [0.5, 0.6) is 0 Å². The first-order valence-corrected chi connectivity index (χ1v) is 6.93. The van der Waals surface area contributed by atoms with Gasteiger partial charge in [-0.3, -0.25) is 5.32 Å². The molecule has 0 atom stereocenters. The number of amides is 2. The third-order valence-electron chi connectivity index (χ3n) is 2.40. The molecule has 0 saturated heterocycles. The zero-order valence-electron chi connectivity index (χ0n) is 11.3. The quantitative estimate of drug-likeness (QED) is 0.787. The maximum atomic E-state index is 11.8. The van der Waals surface area contributed by atoms with E-state index in [1.165, 1.54) is 0 Å². The molecule has 0 radical (unpaired) electrons. The second-order valence-corrected chi connectivity index (χ2v) is 4.61. The number of hydrogen-bond acceptors (Lipinski definition) is 3. The summed E-state index contributed by atoms with van der Waals surface area (Å²) in [6.45, 7) is 6.51. The van der Waals surface area contributed by atoms with Gasteiger partial charge in [0.2, 0.25) is 6.41 Å². The molecule has 2 amide bonds. The van der Waals surface area contributed by atoms with Gasteiger partial charge in [-0.1, -0.05) is 22.0 Å². The molecule has 0 aliphatic carbocycles. The smallest absolute Gasteiger partial charge is 0.323 e. The van der Waals surface area contributed by atoms with Gasteiger partial charge in [0.1, 0.15) is 0 Å². The van der Waals surface area contributed by atoms with Crippen LogP contribution in [0.4, 0.5) is 10.5 Å². The summed E-state index contributed by atoms with van der Waals surface area (Å²) in [4.78, 5) is 11.8. The lowest BCUT2D eigenvalue weighted by molar-refractivity contribution is -0.146. The molecule has 0 aliphatic rings. The van der Waals surface area contributed by atoms with Gasteiger partial charge in [-0.25, -0.2) is 4.79 Å². The first kappa shape index (κ1) is 15.9. The highest BCUT2D eigenvalue weighted by Crippen LogP contribution is 2.23. The van der Waals surface area contributed by atoms with Crippen molar-refractivity contribution in [1.82, 2.24) is 5.32 Å². The number of anilines is 1. The molecule has 0 spiro atoms. The predicted octanol–water partition coefficient (Wildman–Crippen LogP) is 3.24. The van der Waals surface area contributed by atoms with Crippen molar-refractivity contribution in [1.29, 1.82) is 0 Å². The summed E-state index contributed by atoms with van der Waals surface area (Å²) in [5, 5.41) is 5.36. The summed E-state index contributed by atoms with van der Waals surface area (Å²) in [6, 6.07) is 5.24. The molecule has 0 aromatic heterocycles. The lowest BCUT2D eigenvalue weighted by Crippen LogP contribution is -2.41. The van der Waals surface area contributed by atoms with E-state index < -0.39 is 6.41 Å². The molecule has 2 N–H and O–H groups in total. The largest absolute Gasteiger partial charge is 0.336 e. The standard InChI is InChI=1S/C13H19BrN2O3/c1-4-18-13(19-5-2)16-12(17)15-11-8-6-7-10(14)9(11)3/h6-8,13H,4-5H2,1-3H3,(H2,15,16,17). The maximum absolute atomic E-state index is 11.8. The summed E-state index contributed by atoms with van der Waals surface area (Å²) < 4.78 is 11.4. The van der Waals surface area contributed by atoms with Crippen molar-refractivity contribution >= 4 is 27.6 Å². The van der Waals surface area contributed by atoms with Crippen LogP contribution in [0.15, 0.2) is 22.7 Å². The summed E-state index contributed by atoms with van der Waals surface area (Å²) in [7, 11) is 0. The fourth-order valence-corrected chi connectivity index (χ4v) is 1.81. The van der Waals surface area contributed by atoms with Crippen LogP contribution >= 0.6 is 15.9 Å². The number of carbonyl (C=O) groups excluding carboxylic acids is 1. The van der Waals surface area contributed by atoms with Gasteiger partial charge in [-0.2, -0.15) is 0 Å². The Bertz CT molecular complexity index is 420. The summed E-state index contributed by atoms with van der Waals surface area (Å²) >= 11 is 3.42. The Morgan fingerprint density at radius 2 is 1.95 bits per heavy atom. The number of carbonyl (C=O) groups is 1. The van der Waals surface area contributed by atoms with Gasteiger partial charge in [0.25, 0.3) is 0 Å². The van der Waals surface area contributed by atoms with Crippen molar-refractivity contribution in [2.24, 2.45) is 0 Å². The number of nitrogens with one attached hydrogen (secondary N) is 2. The predicted molar refractivity (Wildman–Crippen MR) is 78.1 cm³/mol. The van der Waals surface area contributed by atoms with Crippen LogP contribution < -0.4 is 10.6 Å². The fraction of sp³-hybridized carbons (Fsp3) is 0.462. The Morgan fingerprint density at radius 3 is 2.53 bits per heavy atom.